The average molecular weight is 615 g/mol. The summed E-state index contributed by atoms with van der Waals surface area (Å²) in [4.78, 5) is 9.17. The largest absolute Gasteiger partial charge is 0.256 e. The van der Waals surface area contributed by atoms with Crippen LogP contribution < -0.4 is 0 Å². The van der Waals surface area contributed by atoms with Gasteiger partial charge in [-0.25, -0.2) is 0 Å². The topological polar surface area (TPSA) is 25.8 Å². The highest BCUT2D eigenvalue weighted by Gasteiger charge is 2.18. The van der Waals surface area contributed by atoms with Crippen molar-refractivity contribution in [1.29, 1.82) is 0 Å². The van der Waals surface area contributed by atoms with Crippen molar-refractivity contribution in [2.24, 2.45) is 0 Å². The summed E-state index contributed by atoms with van der Waals surface area (Å²) < 4.78 is 0. The summed E-state index contributed by atoms with van der Waals surface area (Å²) in [6.45, 7) is 4.27. The van der Waals surface area contributed by atoms with Gasteiger partial charge in [-0.1, -0.05) is 127 Å². The van der Waals surface area contributed by atoms with Crippen LogP contribution in [-0.2, 0) is 0 Å². The third-order valence-electron chi connectivity index (χ3n) is 9.26. The van der Waals surface area contributed by atoms with Crippen molar-refractivity contribution in [2.45, 2.75) is 13.8 Å². The second-order valence-corrected chi connectivity index (χ2v) is 12.2. The highest BCUT2D eigenvalue weighted by Crippen LogP contribution is 2.45. The molecule has 48 heavy (non-hydrogen) atoms. The van der Waals surface area contributed by atoms with Crippen LogP contribution in [0.1, 0.15) is 18.1 Å². The number of hydrogen-bond acceptors (Lipinski definition) is 2. The lowest BCUT2D eigenvalue weighted by Crippen LogP contribution is -1.93. The number of pyridine rings is 2. The Balaban J connectivity index is 1.40. The zero-order chi connectivity index (χ0) is 32.5. The van der Waals surface area contributed by atoms with Gasteiger partial charge in [-0.15, -0.1) is 0 Å². The predicted octanol–water partition coefficient (Wildman–Crippen LogP) is 12.5. The molecule has 0 N–H and O–H groups in total. The van der Waals surface area contributed by atoms with Crippen LogP contribution in [0.3, 0.4) is 0 Å². The smallest absolute Gasteiger partial charge is 0.0701 e. The number of hydrogen-bond donors (Lipinski definition) is 0. The van der Waals surface area contributed by atoms with Gasteiger partial charge < -0.3 is 0 Å². The van der Waals surface area contributed by atoms with Crippen LogP contribution in [0.25, 0.3) is 83.5 Å². The van der Waals surface area contributed by atoms with E-state index in [2.05, 4.69) is 157 Å². The Kier molecular flexibility index (Phi) is 7.68. The van der Waals surface area contributed by atoms with Crippen LogP contribution in [0.4, 0.5) is 0 Å². The Morgan fingerprint density at radius 1 is 0.438 bits per heavy atom. The minimum Gasteiger partial charge on any atom is -0.256 e. The summed E-state index contributed by atoms with van der Waals surface area (Å²) in [6, 6.07) is 52.3. The van der Waals surface area contributed by atoms with Crippen LogP contribution in [0, 0.1) is 6.92 Å². The van der Waals surface area contributed by atoms with Crippen molar-refractivity contribution in [3.05, 3.63) is 175 Å². The van der Waals surface area contributed by atoms with Gasteiger partial charge in [-0.05, 0) is 110 Å². The van der Waals surface area contributed by atoms with E-state index < -0.39 is 0 Å². The minimum atomic E-state index is 0.974. The van der Waals surface area contributed by atoms with Crippen LogP contribution in [-0.4, -0.2) is 9.97 Å². The maximum Gasteiger partial charge on any atom is 0.0701 e. The molecule has 0 saturated heterocycles. The molecule has 0 bridgehead atoms. The van der Waals surface area contributed by atoms with Gasteiger partial charge in [-0.2, -0.15) is 0 Å². The van der Waals surface area contributed by atoms with E-state index >= 15 is 0 Å². The molecule has 2 heteroatoms. The van der Waals surface area contributed by atoms with E-state index in [1.807, 2.05) is 36.7 Å². The molecule has 0 aliphatic rings. The van der Waals surface area contributed by atoms with Crippen molar-refractivity contribution in [3.63, 3.8) is 0 Å². The number of allylic oxidation sites excluding steroid dienone is 1. The minimum absolute atomic E-state index is 0.974. The van der Waals surface area contributed by atoms with Gasteiger partial charge in [0.1, 0.15) is 0 Å². The lowest BCUT2D eigenvalue weighted by atomic mass is 9.84. The molecule has 8 aromatic rings. The average Bonchev–Trinajstić information content (AvgIpc) is 3.15. The fourth-order valence-electron chi connectivity index (χ4n) is 6.97. The number of fused-ring (bicyclic) bond motifs is 2. The van der Waals surface area contributed by atoms with Crippen molar-refractivity contribution in [1.82, 2.24) is 9.97 Å². The van der Waals surface area contributed by atoms with Gasteiger partial charge in [0.2, 0.25) is 0 Å². The van der Waals surface area contributed by atoms with E-state index in [-0.39, 0.29) is 0 Å². The Morgan fingerprint density at radius 3 is 1.48 bits per heavy atom. The lowest BCUT2D eigenvalue weighted by molar-refractivity contribution is 1.33. The molecule has 0 unspecified atom stereocenters. The molecule has 8 rings (SSSR count). The zero-order valence-corrected chi connectivity index (χ0v) is 27.1. The molecule has 0 radical (unpaired) electrons. The monoisotopic (exact) mass is 614 g/mol. The first kappa shape index (κ1) is 29.3. The summed E-state index contributed by atoms with van der Waals surface area (Å²) in [5, 5.41) is 4.92. The normalized spacial score (nSPS) is 11.5. The summed E-state index contributed by atoms with van der Waals surface area (Å²) in [7, 11) is 0. The fourth-order valence-corrected chi connectivity index (χ4v) is 6.97. The number of rotatable bonds is 6. The third-order valence-corrected chi connectivity index (χ3v) is 9.26. The summed E-state index contributed by atoms with van der Waals surface area (Å²) in [6.07, 6.45) is 8.04. The molecule has 0 aliphatic carbocycles. The molecule has 0 aliphatic heterocycles. The summed E-state index contributed by atoms with van der Waals surface area (Å²) >= 11 is 0. The fraction of sp³-hybridized carbons (Fsp3) is 0.0435. The molecule has 0 spiro atoms. The van der Waals surface area contributed by atoms with Gasteiger partial charge >= 0.3 is 0 Å². The number of nitrogens with zero attached hydrogens (tertiary/aromatic N) is 2. The quantitative estimate of drug-likeness (QED) is 0.174. The Morgan fingerprint density at radius 2 is 0.938 bits per heavy atom. The molecule has 228 valence electrons. The Bertz CT molecular complexity index is 2420. The first-order chi connectivity index (χ1) is 23.7. The van der Waals surface area contributed by atoms with Gasteiger partial charge in [0.05, 0.1) is 11.4 Å². The van der Waals surface area contributed by atoms with Gasteiger partial charge in [0.25, 0.3) is 0 Å². The molecule has 2 heterocycles. The maximum absolute atomic E-state index is 4.59. The van der Waals surface area contributed by atoms with Gasteiger partial charge in [0, 0.05) is 23.5 Å². The number of benzene rings is 6. The van der Waals surface area contributed by atoms with Crippen LogP contribution >= 0.6 is 0 Å². The summed E-state index contributed by atoms with van der Waals surface area (Å²) in [5.74, 6) is 0. The van der Waals surface area contributed by atoms with E-state index in [1.54, 1.807) is 0 Å². The highest BCUT2D eigenvalue weighted by atomic mass is 14.7. The van der Waals surface area contributed by atoms with Crippen LogP contribution in [0.5, 0.6) is 0 Å². The van der Waals surface area contributed by atoms with E-state index in [0.29, 0.717) is 0 Å². The first-order valence-electron chi connectivity index (χ1n) is 16.4. The van der Waals surface area contributed by atoms with Gasteiger partial charge in [0.15, 0.2) is 0 Å². The van der Waals surface area contributed by atoms with E-state index in [4.69, 9.17) is 0 Å². The highest BCUT2D eigenvalue weighted by molar-refractivity contribution is 6.22. The molecule has 6 aromatic carbocycles. The van der Waals surface area contributed by atoms with Crippen molar-refractivity contribution in [3.8, 4) is 55.9 Å². The first-order valence-corrected chi connectivity index (χ1v) is 16.4. The molecule has 2 aromatic heterocycles. The van der Waals surface area contributed by atoms with Gasteiger partial charge in [-0.3, -0.25) is 9.97 Å². The molecular weight excluding hydrogens is 581 g/mol. The summed E-state index contributed by atoms with van der Waals surface area (Å²) in [5.41, 5.74) is 14.0. The van der Waals surface area contributed by atoms with Crippen LogP contribution in [0.15, 0.2) is 164 Å². The van der Waals surface area contributed by atoms with E-state index in [1.165, 1.54) is 66.1 Å². The predicted molar refractivity (Wildman–Crippen MR) is 204 cm³/mol. The third kappa shape index (κ3) is 5.28. The standard InChI is InChI=1S/C46H34N2/c1-3-11-37-31(2)12-10-15-38(37)36-26-27-41-42(30-36)46(35-24-20-33(21-25-35)44-17-7-9-29-48-44)40-14-5-4-13-39(40)45(41)34-22-18-32(19-23-34)43-16-6-8-28-47-43/h3-30H,1-2H3/b11-3-. The SMILES string of the molecule is C/C=C\c1c(C)cccc1-c1ccc2c(-c3ccc(-c4ccccn4)cc3)c3ccccc3c(-c3ccc(-c4ccccn4)cc3)c2c1. The Labute approximate surface area is 281 Å². The van der Waals surface area contributed by atoms with Crippen molar-refractivity contribution >= 4 is 27.6 Å². The number of aromatic nitrogens is 2. The number of aryl methyl sites for hydroxylation is 1. The van der Waals surface area contributed by atoms with E-state index in [0.717, 1.165) is 22.5 Å². The van der Waals surface area contributed by atoms with E-state index in [9.17, 15) is 0 Å². The molecule has 0 fully saturated rings. The van der Waals surface area contributed by atoms with Crippen molar-refractivity contribution < 1.29 is 0 Å². The molecule has 0 atom stereocenters. The molecular formula is C46H34N2. The molecule has 0 saturated carbocycles. The molecule has 0 amide bonds. The second kappa shape index (κ2) is 12.6. The zero-order valence-electron chi connectivity index (χ0n) is 27.1. The maximum atomic E-state index is 4.59. The molecule has 2 nitrogen and oxygen atoms in total. The van der Waals surface area contributed by atoms with Crippen LogP contribution in [0.2, 0.25) is 0 Å². The second-order valence-electron chi connectivity index (χ2n) is 12.2. The van der Waals surface area contributed by atoms with Crippen molar-refractivity contribution in [2.75, 3.05) is 0 Å². The lowest BCUT2D eigenvalue weighted by Gasteiger charge is -2.19. The Hall–Kier alpha value is -6.12.